The Hall–Kier alpha value is -0.0600. The molecule has 4 nitrogen and oxygen atoms in total. The molecule has 2 N–H and O–H groups in total. The van der Waals surface area contributed by atoms with Crippen LogP contribution in [0.15, 0.2) is 0 Å². The van der Waals surface area contributed by atoms with E-state index in [9.17, 15) is 9.59 Å². The Morgan fingerprint density at radius 3 is 1.46 bits per heavy atom. The van der Waals surface area contributed by atoms with Crippen molar-refractivity contribution in [3.8, 4) is 0 Å². The molecule has 1 aliphatic rings. The molecule has 1 radical (unpaired) electrons. The Morgan fingerprint density at radius 2 is 1.23 bits per heavy atom. The van der Waals surface area contributed by atoms with Crippen molar-refractivity contribution in [1.29, 1.82) is 0 Å². The molecule has 1 fully saturated rings. The van der Waals surface area contributed by atoms with Gasteiger partial charge in [-0.1, -0.05) is 12.8 Å². The number of aliphatic carboxylic acids is 2. The second-order valence-corrected chi connectivity index (χ2v) is 3.17. The summed E-state index contributed by atoms with van der Waals surface area (Å²) >= 11 is 0. The minimum absolute atomic E-state index is 0. The summed E-state index contributed by atoms with van der Waals surface area (Å²) in [4.78, 5) is 21.2. The SMILES string of the molecule is O=C(O)C1CCCCC1C(=O)O.[Na]. The van der Waals surface area contributed by atoms with Crippen LogP contribution in [0, 0.1) is 11.8 Å². The van der Waals surface area contributed by atoms with Gasteiger partial charge in [0.2, 0.25) is 0 Å². The molecule has 2 atom stereocenters. The van der Waals surface area contributed by atoms with Gasteiger partial charge in [0.1, 0.15) is 0 Å². The van der Waals surface area contributed by atoms with E-state index >= 15 is 0 Å². The predicted molar refractivity (Wildman–Crippen MR) is 46.5 cm³/mol. The molecule has 0 aromatic carbocycles. The molecule has 0 amide bonds. The Balaban J connectivity index is 0.00000144. The third kappa shape index (κ3) is 3.29. The quantitative estimate of drug-likeness (QED) is 0.632. The molecule has 1 aliphatic carbocycles. The van der Waals surface area contributed by atoms with Crippen LogP contribution in [0.1, 0.15) is 25.7 Å². The van der Waals surface area contributed by atoms with Crippen molar-refractivity contribution in [2.45, 2.75) is 25.7 Å². The van der Waals surface area contributed by atoms with Crippen molar-refractivity contribution < 1.29 is 19.8 Å². The molecule has 0 spiro atoms. The van der Waals surface area contributed by atoms with E-state index in [-0.39, 0.29) is 29.6 Å². The van der Waals surface area contributed by atoms with Gasteiger partial charge in [-0.05, 0) is 12.8 Å². The number of rotatable bonds is 2. The molecule has 0 aliphatic heterocycles. The monoisotopic (exact) mass is 195 g/mol. The van der Waals surface area contributed by atoms with Crippen LogP contribution < -0.4 is 0 Å². The molecule has 0 saturated heterocycles. The summed E-state index contributed by atoms with van der Waals surface area (Å²) in [6.45, 7) is 0. The van der Waals surface area contributed by atoms with Crippen molar-refractivity contribution in [3.63, 3.8) is 0 Å². The molecule has 1 saturated carbocycles. The molecule has 0 aromatic rings. The molecule has 5 heteroatoms. The predicted octanol–water partition coefficient (Wildman–Crippen LogP) is 0.581. The van der Waals surface area contributed by atoms with Gasteiger partial charge in [-0.15, -0.1) is 0 Å². The summed E-state index contributed by atoms with van der Waals surface area (Å²) in [6, 6.07) is 0. The first kappa shape index (κ1) is 12.9. The fourth-order valence-corrected chi connectivity index (χ4v) is 1.72. The summed E-state index contributed by atoms with van der Waals surface area (Å²) in [5.41, 5.74) is 0. The zero-order valence-electron chi connectivity index (χ0n) is 7.69. The van der Waals surface area contributed by atoms with E-state index in [0.29, 0.717) is 12.8 Å². The second-order valence-electron chi connectivity index (χ2n) is 3.17. The molecular weight excluding hydrogens is 183 g/mol. The molecule has 13 heavy (non-hydrogen) atoms. The number of hydrogen-bond acceptors (Lipinski definition) is 2. The Labute approximate surface area is 98.6 Å². The summed E-state index contributed by atoms with van der Waals surface area (Å²) in [5.74, 6) is -3.28. The fourth-order valence-electron chi connectivity index (χ4n) is 1.72. The third-order valence-corrected chi connectivity index (χ3v) is 2.40. The first-order valence-corrected chi connectivity index (χ1v) is 4.08. The standard InChI is InChI=1S/C8H12O4.Na/c9-7(10)5-3-1-2-4-6(5)8(11)12;/h5-6H,1-4H2,(H,9,10)(H,11,12);. The van der Waals surface area contributed by atoms with Crippen LogP contribution in [0.4, 0.5) is 0 Å². The normalized spacial score (nSPS) is 27.4. The molecule has 2 unspecified atom stereocenters. The van der Waals surface area contributed by atoms with Gasteiger partial charge in [-0.25, -0.2) is 0 Å². The zero-order valence-corrected chi connectivity index (χ0v) is 9.69. The van der Waals surface area contributed by atoms with E-state index in [0.717, 1.165) is 12.8 Å². The Morgan fingerprint density at radius 1 is 0.923 bits per heavy atom. The number of carbonyl (C=O) groups is 2. The van der Waals surface area contributed by atoms with Crippen molar-refractivity contribution >= 4 is 41.5 Å². The fraction of sp³-hybridized carbons (Fsp3) is 0.750. The van der Waals surface area contributed by atoms with Gasteiger partial charge in [-0.2, -0.15) is 0 Å². The van der Waals surface area contributed by atoms with Crippen LogP contribution in [-0.2, 0) is 9.59 Å². The maximum Gasteiger partial charge on any atom is 0.307 e. The van der Waals surface area contributed by atoms with Crippen LogP contribution in [-0.4, -0.2) is 51.7 Å². The van der Waals surface area contributed by atoms with Gasteiger partial charge in [-0.3, -0.25) is 9.59 Å². The van der Waals surface area contributed by atoms with Gasteiger partial charge in [0, 0.05) is 29.6 Å². The van der Waals surface area contributed by atoms with Crippen molar-refractivity contribution in [2.75, 3.05) is 0 Å². The average Bonchev–Trinajstić information content (AvgIpc) is 2.04. The minimum Gasteiger partial charge on any atom is -0.481 e. The number of carboxylic acid groups (broad SMARTS) is 2. The summed E-state index contributed by atoms with van der Waals surface area (Å²) in [7, 11) is 0. The van der Waals surface area contributed by atoms with Gasteiger partial charge >= 0.3 is 11.9 Å². The van der Waals surface area contributed by atoms with Gasteiger partial charge in [0.05, 0.1) is 11.8 Å². The molecule has 0 bridgehead atoms. The van der Waals surface area contributed by atoms with Gasteiger partial charge < -0.3 is 10.2 Å². The van der Waals surface area contributed by atoms with Crippen molar-refractivity contribution in [2.24, 2.45) is 11.8 Å². The zero-order chi connectivity index (χ0) is 9.14. The smallest absolute Gasteiger partial charge is 0.307 e. The average molecular weight is 195 g/mol. The molecule has 0 aromatic heterocycles. The summed E-state index contributed by atoms with van der Waals surface area (Å²) in [6.07, 6.45) is 2.68. The van der Waals surface area contributed by atoms with E-state index in [1.165, 1.54) is 0 Å². The van der Waals surface area contributed by atoms with Gasteiger partial charge in [0.25, 0.3) is 0 Å². The van der Waals surface area contributed by atoms with Crippen molar-refractivity contribution in [1.82, 2.24) is 0 Å². The number of hydrogen-bond donors (Lipinski definition) is 2. The maximum atomic E-state index is 10.6. The van der Waals surface area contributed by atoms with Crippen molar-refractivity contribution in [3.05, 3.63) is 0 Å². The van der Waals surface area contributed by atoms with E-state index in [4.69, 9.17) is 10.2 Å². The van der Waals surface area contributed by atoms with Crippen LogP contribution in [0.25, 0.3) is 0 Å². The maximum absolute atomic E-state index is 10.6. The van der Waals surface area contributed by atoms with E-state index < -0.39 is 23.8 Å². The van der Waals surface area contributed by atoms with E-state index in [2.05, 4.69) is 0 Å². The molecule has 69 valence electrons. The first-order valence-electron chi connectivity index (χ1n) is 4.08. The van der Waals surface area contributed by atoms with E-state index in [1.807, 2.05) is 0 Å². The largest absolute Gasteiger partial charge is 0.481 e. The summed E-state index contributed by atoms with van der Waals surface area (Å²) < 4.78 is 0. The molecular formula is C8H12NaO4. The van der Waals surface area contributed by atoms with Crippen LogP contribution in [0.3, 0.4) is 0 Å². The van der Waals surface area contributed by atoms with Crippen LogP contribution in [0.2, 0.25) is 0 Å². The summed E-state index contributed by atoms with van der Waals surface area (Å²) in [5, 5.41) is 17.4. The topological polar surface area (TPSA) is 74.6 Å². The number of carboxylic acids is 2. The first-order chi connectivity index (χ1) is 5.63. The van der Waals surface area contributed by atoms with Crippen LogP contribution in [0.5, 0.6) is 0 Å². The Kier molecular flexibility index (Phi) is 5.60. The van der Waals surface area contributed by atoms with Gasteiger partial charge in [0.15, 0.2) is 0 Å². The minimum atomic E-state index is -0.970. The Bertz CT molecular complexity index is 182. The van der Waals surface area contributed by atoms with E-state index in [1.54, 1.807) is 0 Å². The molecule has 1 rings (SSSR count). The third-order valence-electron chi connectivity index (χ3n) is 2.40. The van der Waals surface area contributed by atoms with Crippen LogP contribution >= 0.6 is 0 Å². The second kappa shape index (κ2) is 5.62. The molecule has 0 heterocycles.